The summed E-state index contributed by atoms with van der Waals surface area (Å²) in [5.74, 6) is -0.0305. The highest BCUT2D eigenvalue weighted by molar-refractivity contribution is 5.37. The largest absolute Gasteiger partial charge is 0.457 e. The van der Waals surface area contributed by atoms with Crippen LogP contribution in [0.5, 0.6) is 11.5 Å². The molecule has 0 radical (unpaired) electrons. The van der Waals surface area contributed by atoms with E-state index >= 15 is 0 Å². The van der Waals surface area contributed by atoms with Gasteiger partial charge in [-0.05, 0) is 81.1 Å². The van der Waals surface area contributed by atoms with Crippen molar-refractivity contribution in [1.82, 2.24) is 5.32 Å². The fraction of sp³-hybridized carbons (Fsp3) is 0.478. The number of ether oxygens (including phenoxy) is 2. The van der Waals surface area contributed by atoms with Crippen LogP contribution in [0.1, 0.15) is 37.7 Å². The van der Waals surface area contributed by atoms with E-state index in [2.05, 4.69) is 5.32 Å². The molecular formula is C23H29F2NO3. The van der Waals surface area contributed by atoms with Gasteiger partial charge in [0.15, 0.2) is 0 Å². The number of piperidine rings is 1. The quantitative estimate of drug-likeness (QED) is 0.591. The third-order valence-electron chi connectivity index (χ3n) is 5.58. The summed E-state index contributed by atoms with van der Waals surface area (Å²) in [7, 11) is 1.65. The molecule has 0 aromatic heterocycles. The Kier molecular flexibility index (Phi) is 7.58. The number of hydrogen-bond acceptors (Lipinski definition) is 4. The van der Waals surface area contributed by atoms with E-state index in [1.165, 1.54) is 36.4 Å². The maximum absolute atomic E-state index is 14.9. The van der Waals surface area contributed by atoms with Gasteiger partial charge in [0.25, 0.3) is 0 Å². The second kappa shape index (κ2) is 10.1. The summed E-state index contributed by atoms with van der Waals surface area (Å²) in [5, 5.41) is 15.0. The molecule has 1 saturated heterocycles. The molecule has 2 N–H and O–H groups in total. The van der Waals surface area contributed by atoms with Gasteiger partial charge in [-0.25, -0.2) is 8.78 Å². The van der Waals surface area contributed by atoms with Gasteiger partial charge < -0.3 is 19.9 Å². The van der Waals surface area contributed by atoms with Gasteiger partial charge in [0.2, 0.25) is 0 Å². The first-order chi connectivity index (χ1) is 14.0. The summed E-state index contributed by atoms with van der Waals surface area (Å²) >= 11 is 0. The molecule has 1 fully saturated rings. The van der Waals surface area contributed by atoms with Crippen molar-refractivity contribution in [3.63, 3.8) is 0 Å². The predicted octanol–water partition coefficient (Wildman–Crippen LogP) is 4.76. The third-order valence-corrected chi connectivity index (χ3v) is 5.58. The van der Waals surface area contributed by atoms with Crippen molar-refractivity contribution in [2.75, 3.05) is 26.8 Å². The summed E-state index contributed by atoms with van der Waals surface area (Å²) < 4.78 is 38.9. The van der Waals surface area contributed by atoms with E-state index in [0.29, 0.717) is 31.1 Å². The molecule has 2 atom stereocenters. The topological polar surface area (TPSA) is 50.7 Å². The Morgan fingerprint density at radius 2 is 1.86 bits per heavy atom. The fourth-order valence-electron chi connectivity index (χ4n) is 4.00. The average Bonchev–Trinajstić information content (AvgIpc) is 2.75. The number of benzene rings is 2. The van der Waals surface area contributed by atoms with E-state index < -0.39 is 11.4 Å². The minimum absolute atomic E-state index is 0.0885. The highest BCUT2D eigenvalue weighted by atomic mass is 19.1. The maximum Gasteiger partial charge on any atom is 0.129 e. The fourth-order valence-corrected chi connectivity index (χ4v) is 4.00. The van der Waals surface area contributed by atoms with Gasteiger partial charge in [-0.15, -0.1) is 0 Å². The van der Waals surface area contributed by atoms with Crippen LogP contribution in [0.3, 0.4) is 0 Å². The van der Waals surface area contributed by atoms with Crippen molar-refractivity contribution in [2.45, 2.75) is 37.7 Å². The Labute approximate surface area is 170 Å². The Hall–Kier alpha value is -2.02. The van der Waals surface area contributed by atoms with Crippen LogP contribution in [0.15, 0.2) is 42.5 Å². The van der Waals surface area contributed by atoms with Gasteiger partial charge in [-0.3, -0.25) is 0 Å². The van der Waals surface area contributed by atoms with Crippen LogP contribution in [-0.4, -0.2) is 31.9 Å². The SMILES string of the molecule is COCCCC[C@@](O)(c1cc(Oc2ccc(F)cc2)ccc1F)C1CCCNC1. The molecule has 2 aromatic rings. The van der Waals surface area contributed by atoms with E-state index in [0.717, 1.165) is 32.2 Å². The van der Waals surface area contributed by atoms with Gasteiger partial charge in [0, 0.05) is 31.7 Å². The average molecular weight is 405 g/mol. The van der Waals surface area contributed by atoms with Crippen LogP contribution in [0.25, 0.3) is 0 Å². The van der Waals surface area contributed by atoms with Crippen LogP contribution >= 0.6 is 0 Å². The molecule has 4 nitrogen and oxygen atoms in total. The molecule has 29 heavy (non-hydrogen) atoms. The first-order valence-corrected chi connectivity index (χ1v) is 10.2. The van der Waals surface area contributed by atoms with Crippen molar-refractivity contribution in [2.24, 2.45) is 5.92 Å². The molecule has 0 saturated carbocycles. The smallest absolute Gasteiger partial charge is 0.129 e. The number of halogens is 2. The maximum atomic E-state index is 14.9. The van der Waals surface area contributed by atoms with Crippen LogP contribution in [0.2, 0.25) is 0 Å². The first kappa shape index (κ1) is 21.7. The second-order valence-corrected chi connectivity index (χ2v) is 7.62. The molecule has 6 heteroatoms. The van der Waals surface area contributed by atoms with Crippen LogP contribution in [0.4, 0.5) is 8.78 Å². The van der Waals surface area contributed by atoms with Gasteiger partial charge >= 0.3 is 0 Å². The lowest BCUT2D eigenvalue weighted by molar-refractivity contribution is -0.0461. The van der Waals surface area contributed by atoms with E-state index in [1.54, 1.807) is 13.2 Å². The Bertz CT molecular complexity index is 778. The summed E-state index contributed by atoms with van der Waals surface area (Å²) in [6.45, 7) is 2.16. The van der Waals surface area contributed by atoms with Crippen molar-refractivity contribution in [3.05, 3.63) is 59.7 Å². The molecule has 0 aliphatic carbocycles. The normalized spacial score (nSPS) is 19.0. The lowest BCUT2D eigenvalue weighted by Gasteiger charge is -2.39. The molecule has 1 aliphatic rings. The van der Waals surface area contributed by atoms with Crippen LogP contribution < -0.4 is 10.1 Å². The molecule has 3 rings (SSSR count). The number of rotatable bonds is 9. The summed E-state index contributed by atoms with van der Waals surface area (Å²) in [5.41, 5.74) is -1.05. The van der Waals surface area contributed by atoms with E-state index in [9.17, 15) is 13.9 Å². The van der Waals surface area contributed by atoms with Gasteiger partial charge in [0.05, 0.1) is 5.60 Å². The molecule has 0 bridgehead atoms. The zero-order chi connectivity index (χ0) is 20.7. The molecule has 1 unspecified atom stereocenters. The highest BCUT2D eigenvalue weighted by Gasteiger charge is 2.40. The van der Waals surface area contributed by atoms with Crippen LogP contribution in [0, 0.1) is 17.6 Å². The lowest BCUT2D eigenvalue weighted by atomic mass is 9.74. The Morgan fingerprint density at radius 3 is 2.55 bits per heavy atom. The molecular weight excluding hydrogens is 376 g/mol. The molecule has 2 aromatic carbocycles. The standard InChI is InChI=1S/C23H29F2NO3/c1-28-14-3-2-12-23(27,17-5-4-13-26-16-17)21-15-20(10-11-22(21)25)29-19-8-6-18(24)7-9-19/h6-11,15,17,26-27H,2-5,12-14,16H2,1H3/t17?,23-/m0/s1. The number of unbranched alkanes of at least 4 members (excludes halogenated alkanes) is 1. The van der Waals surface area contributed by atoms with Crippen molar-refractivity contribution in [3.8, 4) is 11.5 Å². The predicted molar refractivity (Wildman–Crippen MR) is 108 cm³/mol. The van der Waals surface area contributed by atoms with Crippen molar-refractivity contribution < 1.29 is 23.4 Å². The molecule has 1 aliphatic heterocycles. The number of hydrogen-bond donors (Lipinski definition) is 2. The number of nitrogens with one attached hydrogen (secondary N) is 1. The first-order valence-electron chi connectivity index (χ1n) is 10.2. The zero-order valence-electron chi connectivity index (χ0n) is 16.8. The molecule has 0 amide bonds. The molecule has 158 valence electrons. The minimum Gasteiger partial charge on any atom is -0.457 e. The van der Waals surface area contributed by atoms with Crippen molar-refractivity contribution >= 4 is 0 Å². The van der Waals surface area contributed by atoms with E-state index in [-0.39, 0.29) is 17.3 Å². The second-order valence-electron chi connectivity index (χ2n) is 7.62. The van der Waals surface area contributed by atoms with E-state index in [4.69, 9.17) is 9.47 Å². The monoisotopic (exact) mass is 405 g/mol. The lowest BCUT2D eigenvalue weighted by Crippen LogP contribution is -2.44. The van der Waals surface area contributed by atoms with Gasteiger partial charge in [-0.1, -0.05) is 0 Å². The zero-order valence-corrected chi connectivity index (χ0v) is 16.8. The summed E-state index contributed by atoms with van der Waals surface area (Å²) in [6, 6.07) is 10.1. The Morgan fingerprint density at radius 1 is 1.10 bits per heavy atom. The Balaban J connectivity index is 1.87. The van der Waals surface area contributed by atoms with Gasteiger partial charge in [0.1, 0.15) is 23.1 Å². The number of methoxy groups -OCH3 is 1. The molecule has 1 heterocycles. The molecule has 0 spiro atoms. The van der Waals surface area contributed by atoms with Gasteiger partial charge in [-0.2, -0.15) is 0 Å². The summed E-state index contributed by atoms with van der Waals surface area (Å²) in [6.07, 6.45) is 3.74. The summed E-state index contributed by atoms with van der Waals surface area (Å²) in [4.78, 5) is 0. The number of aliphatic hydroxyl groups is 1. The third kappa shape index (κ3) is 5.53. The van der Waals surface area contributed by atoms with E-state index in [1.807, 2.05) is 0 Å². The van der Waals surface area contributed by atoms with Crippen molar-refractivity contribution in [1.29, 1.82) is 0 Å². The van der Waals surface area contributed by atoms with Crippen LogP contribution in [-0.2, 0) is 10.3 Å². The minimum atomic E-state index is -1.30. The highest BCUT2D eigenvalue weighted by Crippen LogP contribution is 2.41.